The number of nitrogens with one attached hydrogen (secondary N) is 1. The summed E-state index contributed by atoms with van der Waals surface area (Å²) in [6, 6.07) is 26.4. The summed E-state index contributed by atoms with van der Waals surface area (Å²) in [6.07, 6.45) is 1.13. The SMILES string of the molecule is O=C(COC(c1ccccc1)c1ccccc1)NCC1(c2cccc(F)c2)CCOCC1. The molecule has 4 rings (SSSR count). The zero-order chi connectivity index (χ0) is 22.2. The van der Waals surface area contributed by atoms with Gasteiger partial charge in [-0.15, -0.1) is 0 Å². The van der Waals surface area contributed by atoms with Crippen LogP contribution >= 0.6 is 0 Å². The Morgan fingerprint density at radius 3 is 2.16 bits per heavy atom. The Labute approximate surface area is 188 Å². The molecule has 3 aromatic rings. The van der Waals surface area contributed by atoms with Gasteiger partial charge < -0.3 is 14.8 Å². The van der Waals surface area contributed by atoms with Crippen molar-refractivity contribution in [3.63, 3.8) is 0 Å². The fourth-order valence-electron chi connectivity index (χ4n) is 4.27. The molecule has 3 aromatic carbocycles. The second-order valence-electron chi connectivity index (χ2n) is 8.19. The van der Waals surface area contributed by atoms with Crippen molar-refractivity contribution in [1.29, 1.82) is 0 Å². The fraction of sp³-hybridized carbons (Fsp3) is 0.296. The van der Waals surface area contributed by atoms with Gasteiger partial charge >= 0.3 is 0 Å². The predicted octanol–water partition coefficient (Wildman–Crippen LogP) is 4.80. The number of hydrogen-bond donors (Lipinski definition) is 1. The molecule has 0 aromatic heterocycles. The summed E-state index contributed by atoms with van der Waals surface area (Å²) in [5.74, 6) is -0.458. The van der Waals surface area contributed by atoms with E-state index in [0.717, 1.165) is 29.5 Å². The molecule has 1 fully saturated rings. The first-order valence-electron chi connectivity index (χ1n) is 11.0. The van der Waals surface area contributed by atoms with E-state index in [1.165, 1.54) is 6.07 Å². The maximum atomic E-state index is 13.9. The van der Waals surface area contributed by atoms with Gasteiger partial charge in [-0.1, -0.05) is 72.8 Å². The topological polar surface area (TPSA) is 47.6 Å². The van der Waals surface area contributed by atoms with E-state index in [4.69, 9.17) is 9.47 Å². The molecular weight excluding hydrogens is 405 g/mol. The quantitative estimate of drug-likeness (QED) is 0.555. The molecule has 1 aliphatic heterocycles. The molecular formula is C27H28FNO3. The van der Waals surface area contributed by atoms with Crippen LogP contribution in [0.5, 0.6) is 0 Å². The van der Waals surface area contributed by atoms with E-state index in [2.05, 4.69) is 5.32 Å². The Morgan fingerprint density at radius 2 is 1.56 bits per heavy atom. The van der Waals surface area contributed by atoms with E-state index in [9.17, 15) is 9.18 Å². The molecule has 5 heteroatoms. The first-order valence-corrected chi connectivity index (χ1v) is 11.0. The number of halogens is 1. The molecule has 0 unspecified atom stereocenters. The van der Waals surface area contributed by atoms with E-state index in [0.29, 0.717) is 19.8 Å². The molecule has 0 atom stereocenters. The van der Waals surface area contributed by atoms with Gasteiger partial charge in [0.05, 0.1) is 0 Å². The van der Waals surface area contributed by atoms with Crippen molar-refractivity contribution >= 4 is 5.91 Å². The highest BCUT2D eigenvalue weighted by molar-refractivity contribution is 5.77. The van der Waals surface area contributed by atoms with Crippen LogP contribution in [0.2, 0.25) is 0 Å². The standard InChI is InChI=1S/C27H28FNO3/c28-24-13-7-12-23(18-24)27(14-16-31-17-15-27)20-29-25(30)19-32-26(21-8-3-1-4-9-21)22-10-5-2-6-11-22/h1-13,18,26H,14-17,19-20H2,(H,29,30). The summed E-state index contributed by atoms with van der Waals surface area (Å²) < 4.78 is 25.5. The van der Waals surface area contributed by atoms with E-state index in [1.807, 2.05) is 66.7 Å². The lowest BCUT2D eigenvalue weighted by Gasteiger charge is -2.38. The summed E-state index contributed by atoms with van der Waals surface area (Å²) in [7, 11) is 0. The van der Waals surface area contributed by atoms with E-state index in [-0.39, 0.29) is 29.9 Å². The lowest BCUT2D eigenvalue weighted by molar-refractivity contribution is -0.127. The van der Waals surface area contributed by atoms with Gasteiger partial charge in [0.2, 0.25) is 5.91 Å². The first kappa shape index (κ1) is 22.2. The molecule has 32 heavy (non-hydrogen) atoms. The molecule has 1 aliphatic rings. The highest BCUT2D eigenvalue weighted by Crippen LogP contribution is 2.34. The second-order valence-corrected chi connectivity index (χ2v) is 8.19. The molecule has 1 amide bonds. The Hall–Kier alpha value is -3.02. The van der Waals surface area contributed by atoms with Crippen LogP contribution in [0.15, 0.2) is 84.9 Å². The van der Waals surface area contributed by atoms with Crippen molar-refractivity contribution < 1.29 is 18.7 Å². The monoisotopic (exact) mass is 433 g/mol. The zero-order valence-corrected chi connectivity index (χ0v) is 18.0. The molecule has 166 valence electrons. The molecule has 4 nitrogen and oxygen atoms in total. The average Bonchev–Trinajstić information content (AvgIpc) is 2.85. The van der Waals surface area contributed by atoms with Crippen LogP contribution in [0.25, 0.3) is 0 Å². The van der Waals surface area contributed by atoms with E-state index < -0.39 is 0 Å². The first-order chi connectivity index (χ1) is 15.7. The van der Waals surface area contributed by atoms with E-state index >= 15 is 0 Å². The number of hydrogen-bond acceptors (Lipinski definition) is 3. The van der Waals surface area contributed by atoms with E-state index in [1.54, 1.807) is 12.1 Å². The van der Waals surface area contributed by atoms with Gasteiger partial charge in [-0.3, -0.25) is 4.79 Å². The van der Waals surface area contributed by atoms with Crippen LogP contribution < -0.4 is 5.32 Å². The van der Waals surface area contributed by atoms with Gasteiger partial charge in [-0.25, -0.2) is 4.39 Å². The summed E-state index contributed by atoms with van der Waals surface area (Å²) in [6.45, 7) is 1.54. The molecule has 0 spiro atoms. The highest BCUT2D eigenvalue weighted by atomic mass is 19.1. The number of amides is 1. The van der Waals surface area contributed by atoms with Gasteiger partial charge in [0.25, 0.3) is 0 Å². The Kier molecular flexibility index (Phi) is 7.30. The Morgan fingerprint density at radius 1 is 0.938 bits per heavy atom. The van der Waals surface area contributed by atoms with Crippen LogP contribution in [0.4, 0.5) is 4.39 Å². The zero-order valence-electron chi connectivity index (χ0n) is 18.0. The smallest absolute Gasteiger partial charge is 0.246 e. The van der Waals surface area contributed by atoms with Crippen LogP contribution in [-0.2, 0) is 19.7 Å². The molecule has 0 radical (unpaired) electrons. The molecule has 0 bridgehead atoms. The van der Waals surface area contributed by atoms with Crippen molar-refractivity contribution in [2.24, 2.45) is 0 Å². The third-order valence-corrected chi connectivity index (χ3v) is 6.10. The number of ether oxygens (including phenoxy) is 2. The summed E-state index contributed by atoms with van der Waals surface area (Å²) >= 11 is 0. The lowest BCUT2D eigenvalue weighted by Crippen LogP contribution is -2.45. The number of carbonyl (C=O) groups excluding carboxylic acids is 1. The van der Waals surface area contributed by atoms with Crippen LogP contribution in [0.3, 0.4) is 0 Å². The maximum absolute atomic E-state index is 13.9. The minimum absolute atomic E-state index is 0.0653. The van der Waals surface area contributed by atoms with Crippen LogP contribution in [0, 0.1) is 5.82 Å². The summed E-state index contributed by atoms with van der Waals surface area (Å²) in [5.41, 5.74) is 2.54. The van der Waals surface area contributed by atoms with Gasteiger partial charge in [-0.2, -0.15) is 0 Å². The molecule has 1 heterocycles. The van der Waals surface area contributed by atoms with Crippen molar-refractivity contribution in [3.05, 3.63) is 107 Å². The van der Waals surface area contributed by atoms with Crippen molar-refractivity contribution in [3.8, 4) is 0 Å². The number of benzene rings is 3. The summed E-state index contributed by atoms with van der Waals surface area (Å²) in [4.78, 5) is 12.8. The molecule has 0 aliphatic carbocycles. The van der Waals surface area contributed by atoms with Gasteiger partial charge in [0.1, 0.15) is 18.5 Å². The van der Waals surface area contributed by atoms with Crippen LogP contribution in [0.1, 0.15) is 35.6 Å². The number of rotatable bonds is 8. The molecule has 0 saturated carbocycles. The lowest BCUT2D eigenvalue weighted by atomic mass is 9.74. The minimum Gasteiger partial charge on any atom is -0.381 e. The second kappa shape index (κ2) is 10.5. The van der Waals surface area contributed by atoms with Crippen molar-refractivity contribution in [1.82, 2.24) is 5.32 Å². The normalized spacial score (nSPS) is 15.4. The van der Waals surface area contributed by atoms with Gasteiger partial charge in [-0.05, 0) is 41.7 Å². The fourth-order valence-corrected chi connectivity index (χ4v) is 4.27. The van der Waals surface area contributed by atoms with Gasteiger partial charge in [0, 0.05) is 25.2 Å². The molecule has 1 N–H and O–H groups in total. The largest absolute Gasteiger partial charge is 0.381 e. The highest BCUT2D eigenvalue weighted by Gasteiger charge is 2.35. The van der Waals surface area contributed by atoms with Crippen LogP contribution in [-0.4, -0.2) is 32.3 Å². The van der Waals surface area contributed by atoms with Gasteiger partial charge in [0.15, 0.2) is 0 Å². The maximum Gasteiger partial charge on any atom is 0.246 e. The average molecular weight is 434 g/mol. The van der Waals surface area contributed by atoms with Crippen molar-refractivity contribution in [2.75, 3.05) is 26.4 Å². The third kappa shape index (κ3) is 5.42. The number of carbonyl (C=O) groups is 1. The third-order valence-electron chi connectivity index (χ3n) is 6.10. The van der Waals surface area contributed by atoms with Crippen molar-refractivity contribution in [2.45, 2.75) is 24.4 Å². The predicted molar refractivity (Wildman–Crippen MR) is 122 cm³/mol. The molecule has 1 saturated heterocycles. The Bertz CT molecular complexity index is 964. The minimum atomic E-state index is -0.339. The summed E-state index contributed by atoms with van der Waals surface area (Å²) in [5, 5.41) is 3.03. The Balaban J connectivity index is 1.43.